The highest BCUT2D eigenvalue weighted by atomic mass is 32.2. The minimum Gasteiger partial charge on any atom is -0.369 e. The number of fused-ring (bicyclic) bond motifs is 1. The molecule has 1 aliphatic heterocycles. The van der Waals surface area contributed by atoms with Crippen LogP contribution in [0.1, 0.15) is 29.3 Å². The molecule has 170 valence electrons. The van der Waals surface area contributed by atoms with E-state index >= 15 is 0 Å². The van der Waals surface area contributed by atoms with Crippen LogP contribution >= 0.6 is 0 Å². The molecule has 1 atom stereocenters. The zero-order chi connectivity index (χ0) is 23.5. The highest BCUT2D eigenvalue weighted by Gasteiger charge is 2.38. The number of rotatable bonds is 7. The number of carbonyl (C=O) groups is 2. The van der Waals surface area contributed by atoms with Crippen molar-refractivity contribution in [1.82, 2.24) is 10.8 Å². The van der Waals surface area contributed by atoms with Gasteiger partial charge in [0.1, 0.15) is 0 Å². The van der Waals surface area contributed by atoms with E-state index in [0.29, 0.717) is 17.8 Å². The van der Waals surface area contributed by atoms with Gasteiger partial charge in [0, 0.05) is 43.8 Å². The lowest BCUT2D eigenvalue weighted by Gasteiger charge is -2.35. The summed E-state index contributed by atoms with van der Waals surface area (Å²) in [7, 11) is -3.84. The van der Waals surface area contributed by atoms with E-state index in [1.165, 1.54) is 35.8 Å². The molecule has 2 aromatic rings. The van der Waals surface area contributed by atoms with Gasteiger partial charge >= 0.3 is 0 Å². The fourth-order valence-electron chi connectivity index (χ4n) is 3.51. The van der Waals surface area contributed by atoms with Crippen molar-refractivity contribution in [1.29, 1.82) is 0 Å². The maximum absolute atomic E-state index is 12.9. The second-order valence-electron chi connectivity index (χ2n) is 7.23. The SMILES string of the molecule is CCN1CC(CC(=O)NO)S(=O)(=O)c2ccc(C(=O)NCc3ccc([N+](=O)[O-])cc3)cc21. The van der Waals surface area contributed by atoms with Crippen LogP contribution in [0.25, 0.3) is 0 Å². The molecule has 1 heterocycles. The van der Waals surface area contributed by atoms with Crippen molar-refractivity contribution < 1.29 is 28.1 Å². The fourth-order valence-corrected chi connectivity index (χ4v) is 5.36. The van der Waals surface area contributed by atoms with Gasteiger partial charge in [-0.15, -0.1) is 0 Å². The van der Waals surface area contributed by atoms with Crippen LogP contribution < -0.4 is 15.7 Å². The second kappa shape index (κ2) is 9.32. The molecule has 0 aliphatic carbocycles. The van der Waals surface area contributed by atoms with Gasteiger partial charge in [-0.25, -0.2) is 13.9 Å². The van der Waals surface area contributed by atoms with Crippen LogP contribution in [0.3, 0.4) is 0 Å². The molecule has 2 amide bonds. The summed E-state index contributed by atoms with van der Waals surface area (Å²) in [5.41, 5.74) is 2.71. The quantitative estimate of drug-likeness (QED) is 0.316. The first-order valence-corrected chi connectivity index (χ1v) is 11.3. The van der Waals surface area contributed by atoms with Crippen LogP contribution in [0.5, 0.6) is 0 Å². The van der Waals surface area contributed by atoms with Crippen LogP contribution in [0.2, 0.25) is 0 Å². The minimum atomic E-state index is -3.84. The number of non-ortho nitro benzene ring substituents is 1. The number of hydrogen-bond acceptors (Lipinski definition) is 8. The molecule has 2 aromatic carbocycles. The summed E-state index contributed by atoms with van der Waals surface area (Å²) in [5.74, 6) is -1.22. The Morgan fingerprint density at radius 2 is 1.91 bits per heavy atom. The van der Waals surface area contributed by atoms with E-state index < -0.39 is 31.8 Å². The summed E-state index contributed by atoms with van der Waals surface area (Å²) in [6.07, 6.45) is -0.383. The molecule has 0 saturated heterocycles. The zero-order valence-corrected chi connectivity index (χ0v) is 18.0. The Balaban J connectivity index is 1.80. The number of amides is 2. The first-order chi connectivity index (χ1) is 15.2. The highest BCUT2D eigenvalue weighted by Crippen LogP contribution is 2.35. The third-order valence-electron chi connectivity index (χ3n) is 5.25. The molecule has 0 radical (unpaired) electrons. The van der Waals surface area contributed by atoms with E-state index in [2.05, 4.69) is 5.32 Å². The summed E-state index contributed by atoms with van der Waals surface area (Å²) in [6, 6.07) is 10.00. The van der Waals surface area contributed by atoms with Crippen molar-refractivity contribution in [2.75, 3.05) is 18.0 Å². The summed E-state index contributed by atoms with van der Waals surface area (Å²) < 4.78 is 25.9. The third kappa shape index (κ3) is 4.70. The summed E-state index contributed by atoms with van der Waals surface area (Å²) in [4.78, 5) is 36.1. The molecular formula is C20H22N4O7S. The fraction of sp³-hybridized carbons (Fsp3) is 0.300. The molecular weight excluding hydrogens is 440 g/mol. The summed E-state index contributed by atoms with van der Waals surface area (Å²) in [5, 5.41) is 21.1. The monoisotopic (exact) mass is 462 g/mol. The average Bonchev–Trinajstić information content (AvgIpc) is 2.79. The molecule has 0 saturated carbocycles. The molecule has 1 unspecified atom stereocenters. The Morgan fingerprint density at radius 3 is 2.50 bits per heavy atom. The topological polar surface area (TPSA) is 159 Å². The van der Waals surface area contributed by atoms with Crippen LogP contribution in [-0.4, -0.2) is 48.7 Å². The maximum Gasteiger partial charge on any atom is 0.269 e. The standard InChI is InChI=1S/C20H22N4O7S/c1-2-23-12-16(10-19(25)22-27)32(30,31)18-8-5-14(9-17(18)23)20(26)21-11-13-3-6-15(7-4-13)24(28)29/h3-9,16,27H,2,10-12H2,1H3,(H,21,26)(H,22,25). The average molecular weight is 462 g/mol. The van der Waals surface area contributed by atoms with E-state index in [1.54, 1.807) is 17.0 Å². The van der Waals surface area contributed by atoms with Crippen molar-refractivity contribution in [3.05, 3.63) is 63.7 Å². The number of hydrogen-bond donors (Lipinski definition) is 3. The van der Waals surface area contributed by atoms with Gasteiger partial charge in [-0.05, 0) is 30.7 Å². The molecule has 1 aliphatic rings. The van der Waals surface area contributed by atoms with E-state index in [0.717, 1.165) is 0 Å². The first-order valence-electron chi connectivity index (χ1n) is 9.74. The molecule has 0 fully saturated rings. The zero-order valence-electron chi connectivity index (χ0n) is 17.1. The number of carbonyl (C=O) groups excluding carboxylic acids is 2. The number of nitrogens with one attached hydrogen (secondary N) is 2. The van der Waals surface area contributed by atoms with Gasteiger partial charge in [0.2, 0.25) is 5.91 Å². The molecule has 32 heavy (non-hydrogen) atoms. The Kier molecular flexibility index (Phi) is 6.75. The number of sulfone groups is 1. The summed E-state index contributed by atoms with van der Waals surface area (Å²) in [6.45, 7) is 2.47. The van der Waals surface area contributed by atoms with Gasteiger partial charge in [0.15, 0.2) is 9.84 Å². The van der Waals surface area contributed by atoms with Gasteiger partial charge in [0.05, 0.1) is 20.8 Å². The highest BCUT2D eigenvalue weighted by molar-refractivity contribution is 7.92. The van der Waals surface area contributed by atoms with Crippen LogP contribution in [0, 0.1) is 10.1 Å². The maximum atomic E-state index is 12.9. The van der Waals surface area contributed by atoms with Gasteiger partial charge in [-0.2, -0.15) is 0 Å². The molecule has 11 nitrogen and oxygen atoms in total. The van der Waals surface area contributed by atoms with Gasteiger partial charge in [-0.1, -0.05) is 12.1 Å². The number of hydroxylamine groups is 1. The Labute approximate surface area is 184 Å². The number of nitro groups is 1. The molecule has 12 heteroatoms. The van der Waals surface area contributed by atoms with Crippen LogP contribution in [0.4, 0.5) is 11.4 Å². The number of nitro benzene ring substituents is 1. The van der Waals surface area contributed by atoms with Crippen molar-refractivity contribution in [2.24, 2.45) is 0 Å². The van der Waals surface area contributed by atoms with Crippen LogP contribution in [0.15, 0.2) is 47.4 Å². The van der Waals surface area contributed by atoms with Crippen molar-refractivity contribution >= 4 is 33.0 Å². The minimum absolute atomic E-state index is 0.0215. The van der Waals surface area contributed by atoms with E-state index in [1.807, 2.05) is 6.92 Å². The first kappa shape index (κ1) is 23.2. The van der Waals surface area contributed by atoms with E-state index in [-0.39, 0.29) is 35.7 Å². The lowest BCUT2D eigenvalue weighted by molar-refractivity contribution is -0.384. The predicted octanol–water partition coefficient (Wildman–Crippen LogP) is 1.40. The van der Waals surface area contributed by atoms with Crippen molar-refractivity contribution in [3.63, 3.8) is 0 Å². The smallest absolute Gasteiger partial charge is 0.269 e. The van der Waals surface area contributed by atoms with Crippen molar-refractivity contribution in [3.8, 4) is 0 Å². The van der Waals surface area contributed by atoms with E-state index in [4.69, 9.17) is 5.21 Å². The molecule has 3 N–H and O–H groups in total. The van der Waals surface area contributed by atoms with Crippen molar-refractivity contribution in [2.45, 2.75) is 30.0 Å². The number of anilines is 1. The van der Waals surface area contributed by atoms with Gasteiger partial charge in [-0.3, -0.25) is 24.9 Å². The Hall–Kier alpha value is -3.51. The van der Waals surface area contributed by atoms with Gasteiger partial charge in [0.25, 0.3) is 11.6 Å². The molecule has 0 bridgehead atoms. The number of benzene rings is 2. The predicted molar refractivity (Wildman–Crippen MR) is 114 cm³/mol. The van der Waals surface area contributed by atoms with Crippen LogP contribution in [-0.2, 0) is 21.2 Å². The number of nitrogens with zero attached hydrogens (tertiary/aromatic N) is 2. The molecule has 3 rings (SSSR count). The molecule has 0 spiro atoms. The largest absolute Gasteiger partial charge is 0.369 e. The lowest BCUT2D eigenvalue weighted by Crippen LogP contribution is -2.44. The van der Waals surface area contributed by atoms with Gasteiger partial charge < -0.3 is 10.2 Å². The third-order valence-corrected chi connectivity index (χ3v) is 7.40. The second-order valence-corrected chi connectivity index (χ2v) is 9.43. The molecule has 0 aromatic heterocycles. The Morgan fingerprint density at radius 1 is 1.22 bits per heavy atom. The lowest BCUT2D eigenvalue weighted by atomic mass is 10.1. The Bertz CT molecular complexity index is 1150. The summed E-state index contributed by atoms with van der Waals surface area (Å²) >= 11 is 0. The van der Waals surface area contributed by atoms with E-state index in [9.17, 15) is 28.1 Å². The normalized spacial score (nSPS) is 16.7.